The van der Waals surface area contributed by atoms with Crippen LogP contribution in [0.2, 0.25) is 0 Å². The summed E-state index contributed by atoms with van der Waals surface area (Å²) in [7, 11) is 3.15. The van der Waals surface area contributed by atoms with Crippen molar-refractivity contribution in [3.05, 3.63) is 193 Å². The zero-order valence-electron chi connectivity index (χ0n) is 56.5. The average Bonchev–Trinajstić information content (AvgIpc) is 1.76. The van der Waals surface area contributed by atoms with Crippen molar-refractivity contribution in [1.29, 1.82) is 0 Å². The van der Waals surface area contributed by atoms with Crippen LogP contribution in [0.1, 0.15) is 132 Å². The van der Waals surface area contributed by atoms with Crippen LogP contribution in [0.3, 0.4) is 0 Å². The normalized spacial score (nSPS) is 12.7. The Kier molecular flexibility index (Phi) is 25.5. The molecule has 0 radical (unpaired) electrons. The second-order valence-electron chi connectivity index (χ2n) is 25.3. The van der Waals surface area contributed by atoms with Crippen LogP contribution >= 0.6 is 31.9 Å². The summed E-state index contributed by atoms with van der Waals surface area (Å²) in [5.41, 5.74) is 11.3. The van der Waals surface area contributed by atoms with Crippen molar-refractivity contribution in [1.82, 2.24) is 0 Å². The maximum Gasteiger partial charge on any atom is 0.494 e. The molecule has 9 N–H and O–H groups in total. The van der Waals surface area contributed by atoms with Crippen LogP contribution in [-0.4, -0.2) is 128 Å². The number of benzene rings is 8. The van der Waals surface area contributed by atoms with Gasteiger partial charge in [0.1, 0.15) is 67.8 Å². The summed E-state index contributed by atoms with van der Waals surface area (Å²) < 4.78 is 38.3. The Bertz CT molecular complexity index is 4360. The number of hydrogen-bond acceptors (Lipinski definition) is 20. The van der Waals surface area contributed by atoms with E-state index in [4.69, 9.17) is 34.7 Å². The quantitative estimate of drug-likeness (QED) is 0.0217. The number of rotatable bonds is 14. The van der Waals surface area contributed by atoms with Crippen LogP contribution in [0, 0.1) is 0 Å². The molecule has 99 heavy (non-hydrogen) atoms. The molecule has 1 heterocycles. The van der Waals surface area contributed by atoms with Gasteiger partial charge in [-0.25, -0.2) is 24.0 Å². The lowest BCUT2D eigenvalue weighted by atomic mass is 9.78. The van der Waals surface area contributed by atoms with Crippen LogP contribution in [0.25, 0.3) is 44.5 Å². The highest BCUT2D eigenvalue weighted by Gasteiger charge is 2.52. The van der Waals surface area contributed by atoms with Crippen LogP contribution in [0.4, 0.5) is 5.69 Å². The van der Waals surface area contributed by atoms with Gasteiger partial charge in [-0.1, -0.05) is 86.5 Å². The number of phenols is 5. The third kappa shape index (κ3) is 20.7. The summed E-state index contributed by atoms with van der Waals surface area (Å²) in [5, 5.41) is 68.2. The number of methoxy groups -OCH3 is 3. The minimum Gasteiger partial charge on any atom is -0.507 e. The van der Waals surface area contributed by atoms with Crippen molar-refractivity contribution in [3.63, 3.8) is 0 Å². The van der Waals surface area contributed by atoms with Gasteiger partial charge in [-0.15, -0.1) is 0 Å². The van der Waals surface area contributed by atoms with E-state index < -0.39 is 65.3 Å². The lowest BCUT2D eigenvalue weighted by Crippen LogP contribution is -2.41. The van der Waals surface area contributed by atoms with Gasteiger partial charge in [0.05, 0.1) is 45.4 Å². The largest absolute Gasteiger partial charge is 0.507 e. The Morgan fingerprint density at radius 3 is 1.17 bits per heavy atom. The molecule has 0 aliphatic carbocycles. The summed E-state index contributed by atoms with van der Waals surface area (Å²) in [6.07, 6.45) is 0.212. The molecule has 0 amide bonds. The summed E-state index contributed by atoms with van der Waals surface area (Å²) in [5.74, 6) is -6.37. The number of carboxylic acid groups (broad SMARTS) is 2. The molecular weight excluding hydrogens is 1410 g/mol. The van der Waals surface area contributed by atoms with Gasteiger partial charge in [-0.3, -0.25) is 9.59 Å². The molecule has 8 aromatic rings. The fraction of sp³-hybridized carbons (Fsp3) is 0.257. The number of esters is 5. The monoisotopic (exact) mass is 1480 g/mol. The van der Waals surface area contributed by atoms with Gasteiger partial charge in [0.25, 0.3) is 0 Å². The van der Waals surface area contributed by atoms with Crippen molar-refractivity contribution in [2.24, 2.45) is 0 Å². The molecule has 1 aliphatic rings. The van der Waals surface area contributed by atoms with Crippen LogP contribution in [0.5, 0.6) is 28.7 Å². The predicted octanol–water partition coefficient (Wildman–Crippen LogP) is 13.9. The zero-order chi connectivity index (χ0) is 73.8. The minimum absolute atomic E-state index is 0.0210. The number of anilines is 1. The van der Waals surface area contributed by atoms with E-state index in [1.54, 1.807) is 87.5 Å². The molecular formula is C74H76BBr2NO21. The first kappa shape index (κ1) is 77.8. The Hall–Kier alpha value is -10.2. The first-order valence-corrected chi connectivity index (χ1v) is 31.9. The van der Waals surface area contributed by atoms with Crippen LogP contribution in [-0.2, 0) is 55.4 Å². The number of aromatic hydroxyl groups is 5. The van der Waals surface area contributed by atoms with E-state index in [1.165, 1.54) is 82.0 Å². The molecule has 0 bridgehead atoms. The average molecular weight is 1490 g/mol. The van der Waals surface area contributed by atoms with Crippen molar-refractivity contribution >= 4 is 91.9 Å². The molecule has 520 valence electrons. The highest BCUT2D eigenvalue weighted by Crippen LogP contribution is 2.39. The fourth-order valence-electron chi connectivity index (χ4n) is 9.66. The number of nitrogen functional groups attached to an aromatic ring is 1. The van der Waals surface area contributed by atoms with E-state index in [2.05, 4.69) is 46.1 Å². The number of hydrogen-bond donors (Lipinski definition) is 8. The van der Waals surface area contributed by atoms with Crippen LogP contribution in [0.15, 0.2) is 155 Å². The number of carbonyl (C=O) groups is 7. The second kappa shape index (κ2) is 32.4. The highest BCUT2D eigenvalue weighted by molar-refractivity contribution is 9.11. The summed E-state index contributed by atoms with van der Waals surface area (Å²) >= 11 is 6.78. The lowest BCUT2D eigenvalue weighted by molar-refractivity contribution is -0.155. The second-order valence-corrected chi connectivity index (χ2v) is 27.1. The Morgan fingerprint density at radius 2 is 0.778 bits per heavy atom. The minimum atomic E-state index is -1.23. The van der Waals surface area contributed by atoms with Crippen molar-refractivity contribution in [2.75, 3.05) is 27.1 Å². The Balaban J connectivity index is 0.000000218. The van der Waals surface area contributed by atoms with Crippen molar-refractivity contribution in [2.45, 2.75) is 104 Å². The smallest absolute Gasteiger partial charge is 0.494 e. The standard InChI is InChI=1S/C28H28O8.C20H15NO6.C14H19BO5.C12H14Br2O2/c1-28(2,3)36-25(31)15-19-12-16(17-7-10-21(23(29)13-17)26(32)34-4)6-9-20(19)18-8-11-22(24(30)14-18)27(33)35-5;21-16-7-10(11-2-5-14(19(24)25)17(22)8-11)1-4-13(16)12-3-6-15(20(26)27)18(23)9-12;1-13(2)14(3,4)20-15(19-13)9-6-7-10(11(16)8-9)12(17)18-5;1-12(2,3)16-11(15)7-8-6-9(13)4-5-10(8)14/h6-14,29-30H,15H2,1-5H3;1-9,22-23H,21H2,(H,24,25)(H,26,27);6-8,16H,1-5H3;4-6H,7H2,1-3H3. The fourth-order valence-corrected chi connectivity index (χ4v) is 10.5. The molecule has 22 nitrogen and oxygen atoms in total. The van der Waals surface area contributed by atoms with Gasteiger partial charge < -0.3 is 74.5 Å². The van der Waals surface area contributed by atoms with Gasteiger partial charge >= 0.3 is 48.9 Å². The Morgan fingerprint density at radius 1 is 0.434 bits per heavy atom. The molecule has 0 atom stereocenters. The summed E-state index contributed by atoms with van der Waals surface area (Å²) in [6.45, 7) is 18.7. The third-order valence-electron chi connectivity index (χ3n) is 15.2. The lowest BCUT2D eigenvalue weighted by Gasteiger charge is -2.32. The molecule has 0 aromatic heterocycles. The summed E-state index contributed by atoms with van der Waals surface area (Å²) in [4.78, 5) is 81.4. The number of carboxylic acids is 2. The van der Waals surface area contributed by atoms with E-state index >= 15 is 0 Å². The van der Waals surface area contributed by atoms with E-state index in [0.717, 1.165) is 14.5 Å². The molecule has 0 spiro atoms. The molecule has 25 heteroatoms. The maximum absolute atomic E-state index is 12.7. The molecule has 9 rings (SSSR count). The van der Waals surface area contributed by atoms with E-state index in [-0.39, 0.29) is 75.4 Å². The van der Waals surface area contributed by atoms with Crippen molar-refractivity contribution in [3.8, 4) is 73.3 Å². The third-order valence-corrected chi connectivity index (χ3v) is 16.4. The van der Waals surface area contributed by atoms with E-state index in [1.807, 2.05) is 66.7 Å². The molecule has 8 aromatic carbocycles. The number of phenolic OH excluding ortho intramolecular Hbond substituents is 3. The first-order valence-electron chi connectivity index (χ1n) is 30.3. The van der Waals surface area contributed by atoms with Gasteiger partial charge in [-0.2, -0.15) is 0 Å². The van der Waals surface area contributed by atoms with Crippen molar-refractivity contribution < 1.29 is 102 Å². The van der Waals surface area contributed by atoms with Gasteiger partial charge in [0.2, 0.25) is 0 Å². The van der Waals surface area contributed by atoms with E-state index in [0.29, 0.717) is 61.2 Å². The SMILES string of the molecule is CC(C)(C)OC(=O)Cc1cc(Br)ccc1Br.COC(=O)c1ccc(-c2ccc(-c3ccc(C(=O)OC)c(O)c3)c(CC(=O)OC(C)(C)C)c2)cc1O.COC(=O)c1ccc(B2OC(C)(C)C(C)(C)O2)cc1O.Nc1cc(-c2ccc(C(=O)O)c(O)c2)ccc1-c1ccc(C(=O)O)c(O)c1. The molecule has 0 unspecified atom stereocenters. The zero-order valence-corrected chi connectivity index (χ0v) is 59.7. The maximum atomic E-state index is 12.7. The van der Waals surface area contributed by atoms with Gasteiger partial charge in [0.15, 0.2) is 0 Å². The first-order chi connectivity index (χ1) is 46.2. The highest BCUT2D eigenvalue weighted by atomic mass is 79.9. The van der Waals surface area contributed by atoms with Gasteiger partial charge in [0, 0.05) is 20.2 Å². The number of halogens is 2. The number of nitrogens with two attached hydrogens (primary N) is 1. The van der Waals surface area contributed by atoms with Crippen LogP contribution < -0.4 is 11.2 Å². The molecule has 1 saturated heterocycles. The Labute approximate surface area is 589 Å². The predicted molar refractivity (Wildman–Crippen MR) is 378 cm³/mol. The van der Waals surface area contributed by atoms with E-state index in [9.17, 15) is 59.1 Å². The topological polar surface area (TPSA) is 352 Å². The number of ether oxygens (including phenoxy) is 5. The molecule has 1 aliphatic heterocycles. The number of aromatic carboxylic acids is 2. The molecule has 1 fully saturated rings. The number of carbonyl (C=O) groups excluding carboxylic acids is 5. The molecule has 0 saturated carbocycles. The van der Waals surface area contributed by atoms with Gasteiger partial charge in [-0.05, 0) is 216 Å². The summed E-state index contributed by atoms with van der Waals surface area (Å²) in [6, 6.07) is 38.2.